The Morgan fingerprint density at radius 1 is 1.18 bits per heavy atom. The van der Waals surface area contributed by atoms with Crippen molar-refractivity contribution in [2.75, 3.05) is 0 Å². The van der Waals surface area contributed by atoms with Gasteiger partial charge in [-0.05, 0) is 48.1 Å². The van der Waals surface area contributed by atoms with Gasteiger partial charge in [0.2, 0.25) is 0 Å². The van der Waals surface area contributed by atoms with Crippen LogP contribution >= 0.6 is 0 Å². The number of benzene rings is 1. The molecule has 0 bridgehead atoms. The molecule has 0 fully saturated rings. The molecule has 2 nitrogen and oxygen atoms in total. The summed E-state index contributed by atoms with van der Waals surface area (Å²) < 4.78 is 0. The summed E-state index contributed by atoms with van der Waals surface area (Å²) in [5.74, 6) is 0. The van der Waals surface area contributed by atoms with Crippen LogP contribution in [0.4, 0.5) is 0 Å². The Labute approximate surface area is 102 Å². The fourth-order valence-corrected chi connectivity index (χ4v) is 2.85. The Morgan fingerprint density at radius 3 is 2.82 bits per heavy atom. The topological polar surface area (TPSA) is 38.9 Å². The molecule has 1 aliphatic rings. The van der Waals surface area contributed by atoms with Crippen molar-refractivity contribution in [2.24, 2.45) is 5.73 Å². The van der Waals surface area contributed by atoms with Crippen molar-refractivity contribution < 1.29 is 0 Å². The standard InChI is InChI=1S/C15H16N2/c1-11-7-9-17-10-14(11)15(16)8-6-12-4-2-3-5-13(12)15/h2-5,7,9-10H,6,8,16H2,1H3. The number of rotatable bonds is 1. The normalized spacial score (nSPS) is 22.5. The monoisotopic (exact) mass is 224 g/mol. The van der Waals surface area contributed by atoms with Crippen LogP contribution < -0.4 is 5.73 Å². The lowest BCUT2D eigenvalue weighted by Gasteiger charge is -2.27. The van der Waals surface area contributed by atoms with Crippen molar-refractivity contribution >= 4 is 0 Å². The molecule has 1 unspecified atom stereocenters. The van der Waals surface area contributed by atoms with Crippen molar-refractivity contribution in [3.63, 3.8) is 0 Å². The lowest BCUT2D eigenvalue weighted by atomic mass is 9.84. The number of pyridine rings is 1. The number of nitrogens with two attached hydrogens (primary N) is 1. The molecule has 17 heavy (non-hydrogen) atoms. The molecule has 86 valence electrons. The van der Waals surface area contributed by atoms with Crippen LogP contribution in [0.5, 0.6) is 0 Å². The van der Waals surface area contributed by atoms with Crippen LogP contribution in [0.2, 0.25) is 0 Å². The van der Waals surface area contributed by atoms with E-state index in [1.807, 2.05) is 18.5 Å². The second-order valence-corrected chi connectivity index (χ2v) is 4.82. The number of aromatic nitrogens is 1. The predicted octanol–water partition coefficient (Wildman–Crippen LogP) is 2.54. The van der Waals surface area contributed by atoms with E-state index in [0.29, 0.717) is 0 Å². The van der Waals surface area contributed by atoms with Gasteiger partial charge in [-0.25, -0.2) is 0 Å². The minimum atomic E-state index is -0.352. The fourth-order valence-electron chi connectivity index (χ4n) is 2.85. The first-order chi connectivity index (χ1) is 8.22. The molecule has 1 aliphatic carbocycles. The molecule has 0 aliphatic heterocycles. The lowest BCUT2D eigenvalue weighted by Crippen LogP contribution is -2.36. The quantitative estimate of drug-likeness (QED) is 0.808. The molecule has 1 atom stereocenters. The first kappa shape index (κ1) is 10.5. The van der Waals surface area contributed by atoms with Gasteiger partial charge >= 0.3 is 0 Å². The fraction of sp³-hybridized carbons (Fsp3) is 0.267. The van der Waals surface area contributed by atoms with Crippen molar-refractivity contribution in [3.8, 4) is 0 Å². The number of hydrogen-bond acceptors (Lipinski definition) is 2. The average molecular weight is 224 g/mol. The maximum absolute atomic E-state index is 6.65. The molecule has 0 saturated carbocycles. The van der Waals surface area contributed by atoms with Gasteiger partial charge in [-0.2, -0.15) is 0 Å². The summed E-state index contributed by atoms with van der Waals surface area (Å²) >= 11 is 0. The van der Waals surface area contributed by atoms with Crippen LogP contribution in [-0.4, -0.2) is 4.98 Å². The first-order valence-electron chi connectivity index (χ1n) is 6.00. The van der Waals surface area contributed by atoms with Crippen molar-refractivity contribution in [3.05, 3.63) is 65.0 Å². The van der Waals surface area contributed by atoms with Crippen LogP contribution in [0.3, 0.4) is 0 Å². The Hall–Kier alpha value is -1.67. The average Bonchev–Trinajstić information content (AvgIpc) is 2.70. The Morgan fingerprint density at radius 2 is 2.00 bits per heavy atom. The molecule has 1 aromatic heterocycles. The highest BCUT2D eigenvalue weighted by molar-refractivity contribution is 5.48. The van der Waals surface area contributed by atoms with Gasteiger partial charge in [0.05, 0.1) is 5.54 Å². The maximum atomic E-state index is 6.65. The Balaban J connectivity index is 2.19. The molecule has 0 amide bonds. The molecule has 3 rings (SSSR count). The van der Waals surface area contributed by atoms with Crippen LogP contribution in [0.1, 0.15) is 28.7 Å². The third-order valence-electron chi connectivity index (χ3n) is 3.81. The minimum absolute atomic E-state index is 0.352. The molecule has 1 aromatic carbocycles. The summed E-state index contributed by atoms with van der Waals surface area (Å²) in [6.07, 6.45) is 5.76. The summed E-state index contributed by atoms with van der Waals surface area (Å²) in [7, 11) is 0. The van der Waals surface area contributed by atoms with E-state index in [0.717, 1.165) is 18.4 Å². The van der Waals surface area contributed by atoms with E-state index >= 15 is 0 Å². The summed E-state index contributed by atoms with van der Waals surface area (Å²) in [4.78, 5) is 4.23. The third kappa shape index (κ3) is 1.48. The zero-order valence-corrected chi connectivity index (χ0v) is 9.98. The SMILES string of the molecule is Cc1ccncc1C1(N)CCc2ccccc21. The van der Waals surface area contributed by atoms with Gasteiger partial charge in [0, 0.05) is 12.4 Å². The number of hydrogen-bond donors (Lipinski definition) is 1. The predicted molar refractivity (Wildman–Crippen MR) is 68.7 cm³/mol. The molecular weight excluding hydrogens is 208 g/mol. The van der Waals surface area contributed by atoms with Gasteiger partial charge in [-0.15, -0.1) is 0 Å². The van der Waals surface area contributed by atoms with Crippen molar-refractivity contribution in [2.45, 2.75) is 25.3 Å². The molecule has 2 N–H and O–H groups in total. The summed E-state index contributed by atoms with van der Waals surface area (Å²) in [5.41, 5.74) is 11.3. The van der Waals surface area contributed by atoms with Gasteiger partial charge in [0.25, 0.3) is 0 Å². The minimum Gasteiger partial charge on any atom is -0.318 e. The molecule has 2 heteroatoms. The van der Waals surface area contributed by atoms with Crippen LogP contribution in [0.15, 0.2) is 42.7 Å². The Bertz CT molecular complexity index is 562. The summed E-state index contributed by atoms with van der Waals surface area (Å²) in [5, 5.41) is 0. The van der Waals surface area contributed by atoms with E-state index in [9.17, 15) is 0 Å². The van der Waals surface area contributed by atoms with Gasteiger partial charge in [0.1, 0.15) is 0 Å². The molecule has 0 spiro atoms. The van der Waals surface area contributed by atoms with E-state index in [-0.39, 0.29) is 5.54 Å². The highest BCUT2D eigenvalue weighted by Gasteiger charge is 2.37. The highest BCUT2D eigenvalue weighted by Crippen LogP contribution is 2.40. The molecular formula is C15H16N2. The van der Waals surface area contributed by atoms with Crippen LogP contribution in [-0.2, 0) is 12.0 Å². The summed E-state index contributed by atoms with van der Waals surface area (Å²) in [6, 6.07) is 10.5. The molecule has 2 aromatic rings. The zero-order valence-electron chi connectivity index (χ0n) is 9.98. The van der Waals surface area contributed by atoms with Gasteiger partial charge in [0.15, 0.2) is 0 Å². The van der Waals surface area contributed by atoms with E-state index in [1.165, 1.54) is 16.7 Å². The second kappa shape index (κ2) is 3.67. The van der Waals surface area contributed by atoms with Crippen molar-refractivity contribution in [1.82, 2.24) is 4.98 Å². The third-order valence-corrected chi connectivity index (χ3v) is 3.81. The van der Waals surface area contributed by atoms with Gasteiger partial charge in [-0.3, -0.25) is 4.98 Å². The van der Waals surface area contributed by atoms with E-state index in [2.05, 4.69) is 36.2 Å². The lowest BCUT2D eigenvalue weighted by molar-refractivity contribution is 0.529. The number of nitrogens with zero attached hydrogens (tertiary/aromatic N) is 1. The smallest absolute Gasteiger partial charge is 0.0689 e. The number of aryl methyl sites for hydroxylation is 2. The van der Waals surface area contributed by atoms with E-state index in [1.54, 1.807) is 0 Å². The largest absolute Gasteiger partial charge is 0.318 e. The maximum Gasteiger partial charge on any atom is 0.0689 e. The van der Waals surface area contributed by atoms with Crippen LogP contribution in [0, 0.1) is 6.92 Å². The Kier molecular flexibility index (Phi) is 2.26. The van der Waals surface area contributed by atoms with Gasteiger partial charge < -0.3 is 5.73 Å². The van der Waals surface area contributed by atoms with Gasteiger partial charge in [-0.1, -0.05) is 24.3 Å². The van der Waals surface area contributed by atoms with Crippen LogP contribution in [0.25, 0.3) is 0 Å². The number of fused-ring (bicyclic) bond motifs is 1. The highest BCUT2D eigenvalue weighted by atomic mass is 14.8. The first-order valence-corrected chi connectivity index (χ1v) is 6.00. The second-order valence-electron chi connectivity index (χ2n) is 4.82. The van der Waals surface area contributed by atoms with E-state index in [4.69, 9.17) is 5.73 Å². The van der Waals surface area contributed by atoms with E-state index < -0.39 is 0 Å². The van der Waals surface area contributed by atoms with Crippen molar-refractivity contribution in [1.29, 1.82) is 0 Å². The molecule has 0 radical (unpaired) electrons. The molecule has 0 saturated heterocycles. The zero-order chi connectivity index (χ0) is 11.9. The molecule has 1 heterocycles. The summed E-state index contributed by atoms with van der Waals surface area (Å²) in [6.45, 7) is 2.10.